The number of hydrogen-bond acceptors (Lipinski definition) is 3. The van der Waals surface area contributed by atoms with Crippen molar-refractivity contribution in [2.75, 3.05) is 5.73 Å². The predicted octanol–water partition coefficient (Wildman–Crippen LogP) is 2.49. The lowest BCUT2D eigenvalue weighted by Gasteiger charge is -2.31. The Labute approximate surface area is 115 Å². The molecule has 0 aliphatic heterocycles. The first-order chi connectivity index (χ1) is 8.94. The number of nitrogen functional groups attached to an aromatic ring is 1. The summed E-state index contributed by atoms with van der Waals surface area (Å²) in [5.41, 5.74) is 7.51. The normalized spacial score (nSPS) is 11.6. The molecule has 1 aromatic rings. The van der Waals surface area contributed by atoms with Gasteiger partial charge < -0.3 is 11.1 Å². The molecule has 5 nitrogen and oxygen atoms in total. The summed E-state index contributed by atoms with van der Waals surface area (Å²) in [6.45, 7) is 10.7. The van der Waals surface area contributed by atoms with Crippen molar-refractivity contribution in [2.45, 2.75) is 66.0 Å². The lowest BCUT2D eigenvalue weighted by Crippen LogP contribution is -2.47. The fraction of sp³-hybridized carbons (Fsp3) is 0.714. The number of carbonyl (C=O) groups excluding carboxylic acids is 1. The number of anilines is 1. The Hall–Kier alpha value is -1.52. The largest absolute Gasteiger partial charge is 0.395 e. The fourth-order valence-corrected chi connectivity index (χ4v) is 2.38. The number of nitrogens with zero attached hydrogens (tertiary/aromatic N) is 2. The van der Waals surface area contributed by atoms with Gasteiger partial charge in [-0.05, 0) is 33.1 Å². The quantitative estimate of drug-likeness (QED) is 0.831. The zero-order chi connectivity index (χ0) is 14.6. The zero-order valence-corrected chi connectivity index (χ0v) is 12.7. The van der Waals surface area contributed by atoms with E-state index in [1.54, 1.807) is 4.68 Å². The standard InChI is InChI=1S/C14H26N4O/c1-6-14(7-2,8-3)16-13(19)12-11(15)10(5)17-18(12)9-4/h6-9,15H2,1-5H3,(H,16,19). The van der Waals surface area contributed by atoms with Crippen LogP contribution in [-0.2, 0) is 6.54 Å². The molecule has 19 heavy (non-hydrogen) atoms. The van der Waals surface area contributed by atoms with Gasteiger partial charge in [-0.25, -0.2) is 0 Å². The third-order valence-corrected chi connectivity index (χ3v) is 4.10. The number of nitrogens with two attached hydrogens (primary N) is 1. The molecule has 1 heterocycles. The topological polar surface area (TPSA) is 72.9 Å². The molecule has 0 radical (unpaired) electrons. The van der Waals surface area contributed by atoms with E-state index in [4.69, 9.17) is 5.73 Å². The minimum Gasteiger partial charge on any atom is -0.395 e. The molecule has 0 saturated heterocycles. The molecule has 3 N–H and O–H groups in total. The van der Waals surface area contributed by atoms with Crippen LogP contribution < -0.4 is 11.1 Å². The van der Waals surface area contributed by atoms with Gasteiger partial charge >= 0.3 is 0 Å². The number of aromatic nitrogens is 2. The molecule has 0 bridgehead atoms. The molecule has 0 unspecified atom stereocenters. The van der Waals surface area contributed by atoms with E-state index >= 15 is 0 Å². The molecule has 0 aliphatic rings. The van der Waals surface area contributed by atoms with Crippen molar-refractivity contribution in [1.29, 1.82) is 0 Å². The van der Waals surface area contributed by atoms with E-state index in [2.05, 4.69) is 31.2 Å². The van der Waals surface area contributed by atoms with Crippen molar-refractivity contribution in [3.05, 3.63) is 11.4 Å². The summed E-state index contributed by atoms with van der Waals surface area (Å²) in [6.07, 6.45) is 2.72. The summed E-state index contributed by atoms with van der Waals surface area (Å²) in [4.78, 5) is 12.5. The van der Waals surface area contributed by atoms with Crippen molar-refractivity contribution in [1.82, 2.24) is 15.1 Å². The predicted molar refractivity (Wildman–Crippen MR) is 78.1 cm³/mol. The first-order valence-electron chi connectivity index (χ1n) is 7.10. The van der Waals surface area contributed by atoms with Gasteiger partial charge in [0.15, 0.2) is 0 Å². The average molecular weight is 266 g/mol. The number of carbonyl (C=O) groups is 1. The molecule has 0 aliphatic carbocycles. The van der Waals surface area contributed by atoms with Crippen LogP contribution in [0.1, 0.15) is 63.1 Å². The highest BCUT2D eigenvalue weighted by Crippen LogP contribution is 2.22. The fourth-order valence-electron chi connectivity index (χ4n) is 2.38. The van der Waals surface area contributed by atoms with Crippen LogP contribution in [0.3, 0.4) is 0 Å². The molecule has 0 fully saturated rings. The minimum absolute atomic E-state index is 0.120. The maximum atomic E-state index is 12.5. The Morgan fingerprint density at radius 1 is 1.26 bits per heavy atom. The van der Waals surface area contributed by atoms with Crippen LogP contribution in [0.25, 0.3) is 0 Å². The highest BCUT2D eigenvalue weighted by atomic mass is 16.2. The molecule has 0 atom stereocenters. The first-order valence-corrected chi connectivity index (χ1v) is 7.10. The van der Waals surface area contributed by atoms with Crippen molar-refractivity contribution in [3.63, 3.8) is 0 Å². The SMILES string of the molecule is CCn1nc(C)c(N)c1C(=O)NC(CC)(CC)CC. The molecule has 1 rings (SSSR count). The number of nitrogens with one attached hydrogen (secondary N) is 1. The number of hydrogen-bond donors (Lipinski definition) is 2. The maximum Gasteiger partial charge on any atom is 0.272 e. The van der Waals surface area contributed by atoms with Crippen LogP contribution in [0.5, 0.6) is 0 Å². The zero-order valence-electron chi connectivity index (χ0n) is 12.7. The lowest BCUT2D eigenvalue weighted by atomic mass is 9.89. The van der Waals surface area contributed by atoms with Crippen molar-refractivity contribution >= 4 is 11.6 Å². The van der Waals surface area contributed by atoms with Gasteiger partial charge in [0.25, 0.3) is 5.91 Å². The van der Waals surface area contributed by atoms with Crippen molar-refractivity contribution in [2.24, 2.45) is 0 Å². The summed E-state index contributed by atoms with van der Waals surface area (Å²) < 4.78 is 1.67. The highest BCUT2D eigenvalue weighted by Gasteiger charge is 2.29. The molecule has 1 amide bonds. The summed E-state index contributed by atoms with van der Waals surface area (Å²) in [6, 6.07) is 0. The van der Waals surface area contributed by atoms with Gasteiger partial charge in [0.05, 0.1) is 11.4 Å². The van der Waals surface area contributed by atoms with Gasteiger partial charge in [-0.15, -0.1) is 0 Å². The third-order valence-electron chi connectivity index (χ3n) is 4.10. The Balaban J connectivity index is 3.07. The van der Waals surface area contributed by atoms with Crippen LogP contribution in [0.2, 0.25) is 0 Å². The third kappa shape index (κ3) is 2.91. The molecular weight excluding hydrogens is 240 g/mol. The Bertz CT molecular complexity index is 438. The Morgan fingerprint density at radius 3 is 2.21 bits per heavy atom. The molecule has 1 aromatic heterocycles. The van der Waals surface area contributed by atoms with Crippen LogP contribution in [0.4, 0.5) is 5.69 Å². The summed E-state index contributed by atoms with van der Waals surface area (Å²) >= 11 is 0. The van der Waals surface area contributed by atoms with Crippen LogP contribution in [0.15, 0.2) is 0 Å². The van der Waals surface area contributed by atoms with Gasteiger partial charge in [0.2, 0.25) is 0 Å². The first kappa shape index (κ1) is 15.5. The minimum atomic E-state index is -0.153. The molecular formula is C14H26N4O. The van der Waals surface area contributed by atoms with Gasteiger partial charge in [0.1, 0.15) is 5.69 Å². The molecule has 0 spiro atoms. The van der Waals surface area contributed by atoms with E-state index in [1.165, 1.54) is 0 Å². The Kier molecular flexibility index (Phi) is 4.97. The Morgan fingerprint density at radius 2 is 1.79 bits per heavy atom. The van der Waals surface area contributed by atoms with E-state index < -0.39 is 0 Å². The van der Waals surface area contributed by atoms with Gasteiger partial charge in [-0.1, -0.05) is 20.8 Å². The monoisotopic (exact) mass is 266 g/mol. The van der Waals surface area contributed by atoms with Gasteiger partial charge in [-0.2, -0.15) is 5.10 Å². The van der Waals surface area contributed by atoms with Crippen LogP contribution in [0, 0.1) is 6.92 Å². The van der Waals surface area contributed by atoms with E-state index in [0.717, 1.165) is 19.3 Å². The van der Waals surface area contributed by atoms with E-state index in [9.17, 15) is 4.79 Å². The number of rotatable bonds is 6. The smallest absolute Gasteiger partial charge is 0.272 e. The molecule has 108 valence electrons. The van der Waals surface area contributed by atoms with Gasteiger partial charge in [-0.3, -0.25) is 9.48 Å². The summed E-state index contributed by atoms with van der Waals surface area (Å²) in [7, 11) is 0. The maximum absolute atomic E-state index is 12.5. The molecule has 0 aromatic carbocycles. The van der Waals surface area contributed by atoms with Crippen molar-refractivity contribution in [3.8, 4) is 0 Å². The van der Waals surface area contributed by atoms with Crippen LogP contribution >= 0.6 is 0 Å². The van der Waals surface area contributed by atoms with Gasteiger partial charge in [0, 0.05) is 12.1 Å². The summed E-state index contributed by atoms with van der Waals surface area (Å²) in [5.74, 6) is -0.120. The second-order valence-corrected chi connectivity index (χ2v) is 4.96. The molecule has 0 saturated carbocycles. The molecule has 5 heteroatoms. The second kappa shape index (κ2) is 6.08. The van der Waals surface area contributed by atoms with Crippen LogP contribution in [-0.4, -0.2) is 21.2 Å². The summed E-state index contributed by atoms with van der Waals surface area (Å²) in [5, 5.41) is 7.43. The second-order valence-electron chi connectivity index (χ2n) is 4.96. The van der Waals surface area contributed by atoms with E-state index in [0.29, 0.717) is 23.6 Å². The average Bonchev–Trinajstić information content (AvgIpc) is 2.71. The van der Waals surface area contributed by atoms with E-state index in [-0.39, 0.29) is 11.4 Å². The van der Waals surface area contributed by atoms with Crippen molar-refractivity contribution < 1.29 is 4.79 Å². The number of aryl methyl sites for hydroxylation is 2. The van der Waals surface area contributed by atoms with E-state index in [1.807, 2.05) is 13.8 Å². The highest BCUT2D eigenvalue weighted by molar-refractivity contribution is 5.98. The number of amides is 1. The lowest BCUT2D eigenvalue weighted by molar-refractivity contribution is 0.0878.